The highest BCUT2D eigenvalue weighted by molar-refractivity contribution is 8.01. The van der Waals surface area contributed by atoms with Crippen molar-refractivity contribution < 1.29 is 4.79 Å². The number of carbonyl (C=O) groups excluding carboxylic acids is 1. The van der Waals surface area contributed by atoms with E-state index in [-0.39, 0.29) is 11.7 Å². The SMILES string of the molecule is C=CCNc1nnc(SCC(=O)Nc2cc(Cl)c(Cl)cc2Cl)s1. The topological polar surface area (TPSA) is 66.9 Å². The van der Waals surface area contributed by atoms with E-state index in [9.17, 15) is 4.79 Å². The molecule has 0 aliphatic rings. The minimum absolute atomic E-state index is 0.173. The van der Waals surface area contributed by atoms with Gasteiger partial charge >= 0.3 is 0 Å². The van der Waals surface area contributed by atoms with Crippen LogP contribution >= 0.6 is 57.9 Å². The Bertz CT molecular complexity index is 723. The first-order valence-corrected chi connectivity index (χ1v) is 9.18. The first-order chi connectivity index (χ1) is 11.0. The number of anilines is 2. The van der Waals surface area contributed by atoms with Gasteiger partial charge in [0.1, 0.15) is 0 Å². The summed E-state index contributed by atoms with van der Waals surface area (Å²) in [6.45, 7) is 4.21. The number of hydrogen-bond acceptors (Lipinski definition) is 6. The van der Waals surface area contributed by atoms with Crippen molar-refractivity contribution in [1.29, 1.82) is 0 Å². The molecule has 23 heavy (non-hydrogen) atoms. The Kier molecular flexibility index (Phi) is 6.98. The molecule has 0 aliphatic heterocycles. The summed E-state index contributed by atoms with van der Waals surface area (Å²) in [7, 11) is 0. The van der Waals surface area contributed by atoms with Gasteiger partial charge in [-0.05, 0) is 12.1 Å². The fourth-order valence-electron chi connectivity index (χ4n) is 1.43. The van der Waals surface area contributed by atoms with Crippen LogP contribution in [0.4, 0.5) is 10.8 Å². The highest BCUT2D eigenvalue weighted by Gasteiger charge is 2.11. The van der Waals surface area contributed by atoms with E-state index in [0.29, 0.717) is 36.8 Å². The van der Waals surface area contributed by atoms with E-state index in [1.54, 1.807) is 6.08 Å². The van der Waals surface area contributed by atoms with E-state index >= 15 is 0 Å². The molecule has 2 rings (SSSR count). The molecule has 0 radical (unpaired) electrons. The molecule has 0 aliphatic carbocycles. The first-order valence-electron chi connectivity index (χ1n) is 6.25. The zero-order valence-corrected chi connectivity index (χ0v) is 15.5. The predicted octanol–water partition coefficient (Wildman–Crippen LogP) is 4.83. The van der Waals surface area contributed by atoms with Crippen molar-refractivity contribution >= 4 is 74.6 Å². The van der Waals surface area contributed by atoms with Gasteiger partial charge in [0.2, 0.25) is 11.0 Å². The van der Waals surface area contributed by atoms with Crippen LogP contribution in [0.3, 0.4) is 0 Å². The number of aromatic nitrogens is 2. The Labute approximate surface area is 156 Å². The standard InChI is InChI=1S/C13H11Cl3N4OS2/c1-2-3-17-12-19-20-13(23-12)22-6-11(21)18-10-5-8(15)7(14)4-9(10)16/h2,4-5H,1,3,6H2,(H,17,19)(H,18,21). The summed E-state index contributed by atoms with van der Waals surface area (Å²) < 4.78 is 0.687. The molecule has 5 nitrogen and oxygen atoms in total. The molecule has 10 heteroatoms. The van der Waals surface area contributed by atoms with Crippen LogP contribution in [0.5, 0.6) is 0 Å². The van der Waals surface area contributed by atoms with Crippen LogP contribution in [-0.2, 0) is 4.79 Å². The van der Waals surface area contributed by atoms with Crippen molar-refractivity contribution in [2.45, 2.75) is 4.34 Å². The van der Waals surface area contributed by atoms with Gasteiger partial charge in [-0.2, -0.15) is 0 Å². The van der Waals surface area contributed by atoms with Gasteiger partial charge in [0.05, 0.1) is 26.5 Å². The van der Waals surface area contributed by atoms with Gasteiger partial charge in [-0.1, -0.05) is 64.0 Å². The Morgan fingerprint density at radius 2 is 2.00 bits per heavy atom. The van der Waals surface area contributed by atoms with Gasteiger partial charge in [0, 0.05) is 6.54 Å². The van der Waals surface area contributed by atoms with Crippen molar-refractivity contribution in [1.82, 2.24) is 10.2 Å². The minimum Gasteiger partial charge on any atom is -0.357 e. The summed E-state index contributed by atoms with van der Waals surface area (Å²) in [5.74, 6) is -0.0572. The Balaban J connectivity index is 1.89. The second-order valence-corrected chi connectivity index (χ2v) is 7.55. The molecular formula is C13H11Cl3N4OS2. The van der Waals surface area contributed by atoms with Crippen LogP contribution in [0.2, 0.25) is 15.1 Å². The molecule has 1 aromatic heterocycles. The zero-order valence-electron chi connectivity index (χ0n) is 11.6. The number of halogens is 3. The molecule has 0 atom stereocenters. The van der Waals surface area contributed by atoms with Crippen LogP contribution in [0, 0.1) is 0 Å². The highest BCUT2D eigenvalue weighted by Crippen LogP contribution is 2.32. The molecular weight excluding hydrogens is 399 g/mol. The zero-order chi connectivity index (χ0) is 16.8. The lowest BCUT2D eigenvalue weighted by molar-refractivity contribution is -0.113. The van der Waals surface area contributed by atoms with E-state index in [1.807, 2.05) is 0 Å². The lowest BCUT2D eigenvalue weighted by Crippen LogP contribution is -2.14. The average molecular weight is 410 g/mol. The van der Waals surface area contributed by atoms with Gasteiger partial charge in [-0.3, -0.25) is 4.79 Å². The maximum absolute atomic E-state index is 12.0. The first kappa shape index (κ1) is 18.4. The van der Waals surface area contributed by atoms with Crippen LogP contribution in [0.1, 0.15) is 0 Å². The van der Waals surface area contributed by atoms with E-state index in [1.165, 1.54) is 35.2 Å². The third kappa shape index (κ3) is 5.54. The third-order valence-electron chi connectivity index (χ3n) is 2.41. The molecule has 122 valence electrons. The molecule has 0 spiro atoms. The second-order valence-electron chi connectivity index (χ2n) is 4.13. The maximum atomic E-state index is 12.0. The maximum Gasteiger partial charge on any atom is 0.234 e. The van der Waals surface area contributed by atoms with Crippen LogP contribution in [0.25, 0.3) is 0 Å². The summed E-state index contributed by atoms with van der Waals surface area (Å²) in [5.41, 5.74) is 0.414. The Morgan fingerprint density at radius 3 is 2.74 bits per heavy atom. The van der Waals surface area contributed by atoms with Crippen molar-refractivity contribution in [3.63, 3.8) is 0 Å². The molecule has 1 heterocycles. The molecule has 2 N–H and O–H groups in total. The lowest BCUT2D eigenvalue weighted by Gasteiger charge is -2.08. The van der Waals surface area contributed by atoms with E-state index < -0.39 is 0 Å². The fraction of sp³-hybridized carbons (Fsp3) is 0.154. The number of hydrogen-bond donors (Lipinski definition) is 2. The minimum atomic E-state index is -0.230. The second kappa shape index (κ2) is 8.75. The molecule has 0 saturated carbocycles. The van der Waals surface area contributed by atoms with Gasteiger partial charge in [0.25, 0.3) is 0 Å². The number of nitrogens with one attached hydrogen (secondary N) is 2. The third-order valence-corrected chi connectivity index (χ3v) is 5.46. The highest BCUT2D eigenvalue weighted by atomic mass is 35.5. The number of benzene rings is 1. The van der Waals surface area contributed by atoms with E-state index in [4.69, 9.17) is 34.8 Å². The molecule has 2 aromatic rings. The van der Waals surface area contributed by atoms with Crippen molar-refractivity contribution in [2.75, 3.05) is 22.9 Å². The number of nitrogens with zero attached hydrogens (tertiary/aromatic N) is 2. The lowest BCUT2D eigenvalue weighted by atomic mass is 10.3. The van der Waals surface area contributed by atoms with Gasteiger partial charge in [-0.25, -0.2) is 0 Å². The summed E-state index contributed by atoms with van der Waals surface area (Å²) in [6.07, 6.45) is 1.72. The summed E-state index contributed by atoms with van der Waals surface area (Å²) in [4.78, 5) is 12.0. The fourth-order valence-corrected chi connectivity index (χ4v) is 3.58. The monoisotopic (exact) mass is 408 g/mol. The van der Waals surface area contributed by atoms with Gasteiger partial charge < -0.3 is 10.6 Å². The van der Waals surface area contributed by atoms with Crippen LogP contribution in [-0.4, -0.2) is 28.4 Å². The number of thioether (sulfide) groups is 1. The summed E-state index contributed by atoms with van der Waals surface area (Å²) >= 11 is 20.4. The molecule has 1 amide bonds. The van der Waals surface area contributed by atoms with E-state index in [2.05, 4.69) is 27.4 Å². The smallest absolute Gasteiger partial charge is 0.234 e. The Morgan fingerprint density at radius 1 is 1.26 bits per heavy atom. The summed E-state index contributed by atoms with van der Waals surface area (Å²) in [6, 6.07) is 2.99. The molecule has 0 unspecified atom stereocenters. The van der Waals surface area contributed by atoms with Crippen molar-refractivity contribution in [3.8, 4) is 0 Å². The number of carbonyl (C=O) groups is 1. The normalized spacial score (nSPS) is 10.4. The quantitative estimate of drug-likeness (QED) is 0.389. The largest absolute Gasteiger partial charge is 0.357 e. The molecule has 0 fully saturated rings. The number of amides is 1. The van der Waals surface area contributed by atoms with Crippen LogP contribution in [0.15, 0.2) is 29.1 Å². The molecule has 0 bridgehead atoms. The predicted molar refractivity (Wildman–Crippen MR) is 99.4 cm³/mol. The number of rotatable bonds is 7. The van der Waals surface area contributed by atoms with Crippen molar-refractivity contribution in [2.24, 2.45) is 0 Å². The van der Waals surface area contributed by atoms with Crippen molar-refractivity contribution in [3.05, 3.63) is 39.9 Å². The van der Waals surface area contributed by atoms with Crippen LogP contribution < -0.4 is 10.6 Å². The molecule has 0 saturated heterocycles. The summed E-state index contributed by atoms with van der Waals surface area (Å²) in [5, 5.41) is 15.3. The Hall–Kier alpha value is -0.990. The van der Waals surface area contributed by atoms with Gasteiger partial charge in [0.15, 0.2) is 4.34 Å². The molecule has 1 aromatic carbocycles. The van der Waals surface area contributed by atoms with E-state index in [0.717, 1.165) is 0 Å². The van der Waals surface area contributed by atoms with Gasteiger partial charge in [-0.15, -0.1) is 16.8 Å². The average Bonchev–Trinajstić information content (AvgIpc) is 2.96.